The van der Waals surface area contributed by atoms with Gasteiger partial charge in [0.15, 0.2) is 6.61 Å². The molecular formula is C15H18N2O. The first-order valence-electron chi connectivity index (χ1n) is 6.09. The fourth-order valence-corrected chi connectivity index (χ4v) is 1.57. The average Bonchev–Trinajstić information content (AvgIpc) is 2.41. The third-order valence-corrected chi connectivity index (χ3v) is 2.46. The molecule has 3 nitrogen and oxygen atoms in total. The van der Waals surface area contributed by atoms with Gasteiger partial charge in [0, 0.05) is 13.0 Å². The summed E-state index contributed by atoms with van der Waals surface area (Å²) in [6, 6.07) is 9.73. The highest BCUT2D eigenvalue weighted by Gasteiger charge is 1.96. The highest BCUT2D eigenvalue weighted by molar-refractivity contribution is 5.28. The highest BCUT2D eigenvalue weighted by atomic mass is 16.5. The van der Waals surface area contributed by atoms with Crippen molar-refractivity contribution in [1.82, 2.24) is 5.32 Å². The monoisotopic (exact) mass is 242 g/mol. The first-order chi connectivity index (χ1) is 8.86. The number of ether oxygens (including phenoxy) is 1. The van der Waals surface area contributed by atoms with Gasteiger partial charge in [-0.15, -0.1) is 12.3 Å². The largest absolute Gasteiger partial charge is 0.479 e. The van der Waals surface area contributed by atoms with Crippen LogP contribution in [0.4, 0.5) is 0 Å². The Kier molecular flexibility index (Phi) is 7.13. The quantitative estimate of drug-likeness (QED) is 0.562. The topological polar surface area (TPSA) is 45.0 Å². The van der Waals surface area contributed by atoms with E-state index in [-0.39, 0.29) is 6.61 Å². The van der Waals surface area contributed by atoms with Gasteiger partial charge in [-0.1, -0.05) is 12.1 Å². The molecule has 1 N–H and O–H groups in total. The molecule has 0 radical (unpaired) electrons. The summed E-state index contributed by atoms with van der Waals surface area (Å²) >= 11 is 0. The summed E-state index contributed by atoms with van der Waals surface area (Å²) in [5, 5.41) is 11.8. The number of hydrogen-bond donors (Lipinski definition) is 1. The van der Waals surface area contributed by atoms with Crippen LogP contribution in [0.1, 0.15) is 24.8 Å². The summed E-state index contributed by atoms with van der Waals surface area (Å²) in [7, 11) is 0. The molecule has 1 rings (SSSR count). The van der Waals surface area contributed by atoms with Gasteiger partial charge >= 0.3 is 0 Å². The maximum absolute atomic E-state index is 8.44. The lowest BCUT2D eigenvalue weighted by Gasteiger charge is -2.06. The summed E-state index contributed by atoms with van der Waals surface area (Å²) in [4.78, 5) is 0. The molecule has 94 valence electrons. The van der Waals surface area contributed by atoms with Crippen molar-refractivity contribution in [2.24, 2.45) is 0 Å². The lowest BCUT2D eigenvalue weighted by Crippen LogP contribution is -2.14. The Morgan fingerprint density at radius 1 is 1.33 bits per heavy atom. The predicted molar refractivity (Wildman–Crippen MR) is 71.9 cm³/mol. The molecule has 0 bridgehead atoms. The van der Waals surface area contributed by atoms with Crippen LogP contribution >= 0.6 is 0 Å². The molecule has 0 aliphatic carbocycles. The summed E-state index contributed by atoms with van der Waals surface area (Å²) < 4.78 is 5.24. The molecule has 0 aliphatic heterocycles. The molecule has 18 heavy (non-hydrogen) atoms. The van der Waals surface area contributed by atoms with E-state index in [1.807, 2.05) is 30.3 Å². The molecule has 0 unspecified atom stereocenters. The Morgan fingerprint density at radius 3 is 3.00 bits per heavy atom. The molecule has 0 aliphatic rings. The highest BCUT2D eigenvalue weighted by Crippen LogP contribution is 2.12. The minimum absolute atomic E-state index is 0.0863. The summed E-state index contributed by atoms with van der Waals surface area (Å²) in [5.74, 6) is 3.37. The molecule has 3 heteroatoms. The standard InChI is InChI=1S/C15H18N2O/c1-2-3-4-5-10-17-13-14-7-6-8-15(12-14)18-11-9-16/h1,6-8,12,17H,3-5,10-11,13H2. The average molecular weight is 242 g/mol. The molecule has 1 aromatic rings. The molecule has 0 atom stereocenters. The van der Waals surface area contributed by atoms with E-state index in [0.29, 0.717) is 0 Å². The number of nitrogens with zero attached hydrogens (tertiary/aromatic N) is 1. The number of unbranched alkanes of at least 4 members (excludes halogenated alkanes) is 2. The number of terminal acetylenes is 1. The molecule has 0 aromatic heterocycles. The van der Waals surface area contributed by atoms with Crippen molar-refractivity contribution in [2.45, 2.75) is 25.8 Å². The van der Waals surface area contributed by atoms with E-state index in [1.54, 1.807) is 0 Å². The Morgan fingerprint density at radius 2 is 2.22 bits per heavy atom. The number of nitrogens with one attached hydrogen (secondary N) is 1. The van der Waals surface area contributed by atoms with Crippen LogP contribution in [-0.4, -0.2) is 13.2 Å². The molecule has 0 amide bonds. The van der Waals surface area contributed by atoms with E-state index in [4.69, 9.17) is 16.4 Å². The van der Waals surface area contributed by atoms with Gasteiger partial charge in [-0.05, 0) is 37.1 Å². The maximum Gasteiger partial charge on any atom is 0.174 e. The number of nitriles is 1. The van der Waals surface area contributed by atoms with E-state index in [2.05, 4.69) is 11.2 Å². The van der Waals surface area contributed by atoms with Crippen molar-refractivity contribution < 1.29 is 4.74 Å². The molecule has 0 saturated carbocycles. The molecule has 0 fully saturated rings. The number of rotatable bonds is 8. The second kappa shape index (κ2) is 9.10. The van der Waals surface area contributed by atoms with E-state index >= 15 is 0 Å². The van der Waals surface area contributed by atoms with E-state index in [0.717, 1.165) is 43.7 Å². The Balaban J connectivity index is 2.25. The summed E-state index contributed by atoms with van der Waals surface area (Å²) in [6.07, 6.45) is 8.19. The second-order valence-electron chi connectivity index (χ2n) is 3.93. The van der Waals surface area contributed by atoms with Gasteiger partial charge in [0.05, 0.1) is 0 Å². The van der Waals surface area contributed by atoms with Crippen LogP contribution in [0.25, 0.3) is 0 Å². The van der Waals surface area contributed by atoms with Crippen LogP contribution in [0.15, 0.2) is 24.3 Å². The summed E-state index contributed by atoms with van der Waals surface area (Å²) in [5.41, 5.74) is 1.15. The van der Waals surface area contributed by atoms with Gasteiger partial charge in [0.1, 0.15) is 11.8 Å². The van der Waals surface area contributed by atoms with Gasteiger partial charge in [-0.2, -0.15) is 5.26 Å². The van der Waals surface area contributed by atoms with Crippen molar-refractivity contribution in [2.75, 3.05) is 13.2 Å². The fourth-order valence-electron chi connectivity index (χ4n) is 1.57. The Labute approximate surface area is 109 Å². The zero-order valence-electron chi connectivity index (χ0n) is 10.5. The third-order valence-electron chi connectivity index (χ3n) is 2.46. The van der Waals surface area contributed by atoms with Crippen molar-refractivity contribution in [1.29, 1.82) is 5.26 Å². The SMILES string of the molecule is C#CCCCCNCc1cccc(OCC#N)c1. The predicted octanol–water partition coefficient (Wildman–Crippen LogP) is 2.48. The molecule has 0 spiro atoms. The normalized spacial score (nSPS) is 9.44. The van der Waals surface area contributed by atoms with Crippen LogP contribution in [0, 0.1) is 23.7 Å². The molecule has 0 saturated heterocycles. The van der Waals surface area contributed by atoms with Crippen LogP contribution in [-0.2, 0) is 6.54 Å². The van der Waals surface area contributed by atoms with E-state index in [1.165, 1.54) is 0 Å². The third kappa shape index (κ3) is 5.94. The first kappa shape index (κ1) is 14.1. The van der Waals surface area contributed by atoms with Crippen LogP contribution in [0.2, 0.25) is 0 Å². The minimum atomic E-state index is 0.0863. The fraction of sp³-hybridized carbons (Fsp3) is 0.400. The van der Waals surface area contributed by atoms with Gasteiger partial charge < -0.3 is 10.1 Å². The van der Waals surface area contributed by atoms with Gasteiger partial charge in [-0.3, -0.25) is 0 Å². The number of hydrogen-bond acceptors (Lipinski definition) is 3. The van der Waals surface area contributed by atoms with E-state index < -0.39 is 0 Å². The van der Waals surface area contributed by atoms with Gasteiger partial charge in [0.2, 0.25) is 0 Å². The smallest absolute Gasteiger partial charge is 0.174 e. The zero-order chi connectivity index (χ0) is 13.1. The van der Waals surface area contributed by atoms with Crippen LogP contribution in [0.5, 0.6) is 5.75 Å². The molecule has 1 aromatic carbocycles. The van der Waals surface area contributed by atoms with Crippen molar-refractivity contribution in [3.63, 3.8) is 0 Å². The van der Waals surface area contributed by atoms with Crippen molar-refractivity contribution in [3.05, 3.63) is 29.8 Å². The minimum Gasteiger partial charge on any atom is -0.479 e. The van der Waals surface area contributed by atoms with E-state index in [9.17, 15) is 0 Å². The second-order valence-corrected chi connectivity index (χ2v) is 3.93. The number of benzene rings is 1. The maximum atomic E-state index is 8.44. The molecule has 0 heterocycles. The van der Waals surface area contributed by atoms with Gasteiger partial charge in [0.25, 0.3) is 0 Å². The van der Waals surface area contributed by atoms with Crippen molar-refractivity contribution in [3.8, 4) is 24.2 Å². The van der Waals surface area contributed by atoms with Gasteiger partial charge in [-0.25, -0.2) is 0 Å². The summed E-state index contributed by atoms with van der Waals surface area (Å²) in [6.45, 7) is 1.85. The Bertz CT molecular complexity index is 429. The first-order valence-corrected chi connectivity index (χ1v) is 6.09. The lowest BCUT2D eigenvalue weighted by atomic mass is 10.2. The van der Waals surface area contributed by atoms with Crippen LogP contribution < -0.4 is 10.1 Å². The Hall–Kier alpha value is -1.97. The van der Waals surface area contributed by atoms with Crippen molar-refractivity contribution >= 4 is 0 Å². The molecular weight excluding hydrogens is 224 g/mol. The zero-order valence-corrected chi connectivity index (χ0v) is 10.5. The van der Waals surface area contributed by atoms with Crippen LogP contribution in [0.3, 0.4) is 0 Å². The lowest BCUT2D eigenvalue weighted by molar-refractivity contribution is 0.367.